The molecule has 3 aromatic carbocycles. The highest BCUT2D eigenvalue weighted by Crippen LogP contribution is 2.41. The van der Waals surface area contributed by atoms with Crippen molar-refractivity contribution in [2.45, 2.75) is 37.1 Å². The van der Waals surface area contributed by atoms with Gasteiger partial charge in [-0.3, -0.25) is 4.90 Å². The Kier molecular flexibility index (Phi) is 8.28. The Hall–Kier alpha value is -3.62. The van der Waals surface area contributed by atoms with Crippen molar-refractivity contribution in [2.24, 2.45) is 0 Å². The Morgan fingerprint density at radius 2 is 1.75 bits per heavy atom. The maximum absolute atomic E-state index is 15.2. The lowest BCUT2D eigenvalue weighted by molar-refractivity contribution is 0.0758. The average molecular weight is 550 g/mol. The smallest absolute Gasteiger partial charge is 0.321 e. The maximum atomic E-state index is 15.2. The Balaban J connectivity index is 1.41. The van der Waals surface area contributed by atoms with Crippen LogP contribution in [0.25, 0.3) is 5.57 Å². The van der Waals surface area contributed by atoms with E-state index in [1.54, 1.807) is 42.3 Å². The number of hydrogen-bond acceptors (Lipinski definition) is 3. The highest BCUT2D eigenvalue weighted by Gasteiger charge is 2.46. The molecule has 1 fully saturated rings. The number of benzene rings is 3. The van der Waals surface area contributed by atoms with Crippen LogP contribution in [0, 0.1) is 11.6 Å². The van der Waals surface area contributed by atoms with Gasteiger partial charge in [0.15, 0.2) is 0 Å². The van der Waals surface area contributed by atoms with Crippen molar-refractivity contribution in [1.82, 2.24) is 14.7 Å². The summed E-state index contributed by atoms with van der Waals surface area (Å²) in [6.45, 7) is 1.04. The Morgan fingerprint density at radius 3 is 2.45 bits per heavy atom. The number of nitrogens with zero attached hydrogens (tertiary/aromatic N) is 3. The molecule has 40 heavy (non-hydrogen) atoms. The number of rotatable bonds is 6. The van der Waals surface area contributed by atoms with Crippen LogP contribution in [0.3, 0.4) is 0 Å². The van der Waals surface area contributed by atoms with Gasteiger partial charge in [0.2, 0.25) is 0 Å². The van der Waals surface area contributed by atoms with E-state index < -0.39 is 36.0 Å². The lowest BCUT2D eigenvalue weighted by Crippen LogP contribution is -2.54. The summed E-state index contributed by atoms with van der Waals surface area (Å²) in [6.07, 6.45) is 1.31. The summed E-state index contributed by atoms with van der Waals surface area (Å²) < 4.78 is 44.1. The van der Waals surface area contributed by atoms with Crippen LogP contribution in [0.1, 0.15) is 29.5 Å². The molecule has 5 nitrogen and oxygen atoms in total. The molecule has 3 atom stereocenters. The first-order chi connectivity index (χ1) is 19.3. The number of urea groups is 1. The predicted molar refractivity (Wildman–Crippen MR) is 149 cm³/mol. The minimum atomic E-state index is -1.29. The van der Waals surface area contributed by atoms with Gasteiger partial charge < -0.3 is 14.9 Å². The lowest BCUT2D eigenvalue weighted by atomic mass is 9.89. The molecular weight excluding hydrogens is 515 g/mol. The standard InChI is InChI=1S/C32H34F3N3O2/c1-36(28-14-15-37(21-27(34)16-28)19-23-8-4-2-5-9-23)31(40)38-20-24(29-17-26(33)12-13-30(29)35)18-32(38,22-39)25-10-6-3-7-11-25/h2-13,17-18,27-28,39H,14-16,19-22H2,1H3/t27?,28?,32-/m1/s1. The number of hydrogen-bond donors (Lipinski definition) is 1. The van der Waals surface area contributed by atoms with Gasteiger partial charge in [-0.1, -0.05) is 60.7 Å². The van der Waals surface area contributed by atoms with Crippen LogP contribution in [0.15, 0.2) is 84.9 Å². The summed E-state index contributed by atoms with van der Waals surface area (Å²) in [5.41, 5.74) is 0.897. The van der Waals surface area contributed by atoms with Crippen molar-refractivity contribution in [2.75, 3.05) is 33.3 Å². The lowest BCUT2D eigenvalue weighted by Gasteiger charge is -2.41. The van der Waals surface area contributed by atoms with Gasteiger partial charge in [0.05, 0.1) is 6.61 Å². The van der Waals surface area contributed by atoms with Crippen molar-refractivity contribution < 1.29 is 23.1 Å². The van der Waals surface area contributed by atoms with Gasteiger partial charge >= 0.3 is 6.03 Å². The Labute approximate surface area is 233 Å². The third-order valence-corrected chi connectivity index (χ3v) is 8.10. The molecule has 1 N–H and O–H groups in total. The van der Waals surface area contributed by atoms with E-state index in [2.05, 4.69) is 4.90 Å². The largest absolute Gasteiger partial charge is 0.393 e. The molecule has 0 saturated carbocycles. The van der Waals surface area contributed by atoms with Crippen LogP contribution in [0.2, 0.25) is 0 Å². The summed E-state index contributed by atoms with van der Waals surface area (Å²) >= 11 is 0. The molecule has 2 amide bonds. The van der Waals surface area contributed by atoms with Crippen molar-refractivity contribution in [3.63, 3.8) is 0 Å². The summed E-state index contributed by atoms with van der Waals surface area (Å²) in [6, 6.07) is 21.3. The highest BCUT2D eigenvalue weighted by atomic mass is 19.1. The van der Waals surface area contributed by atoms with E-state index in [-0.39, 0.29) is 31.1 Å². The van der Waals surface area contributed by atoms with Gasteiger partial charge in [-0.25, -0.2) is 18.0 Å². The number of carbonyl (C=O) groups excluding carboxylic acids is 1. The zero-order chi connectivity index (χ0) is 28.3. The van der Waals surface area contributed by atoms with E-state index >= 15 is 4.39 Å². The van der Waals surface area contributed by atoms with Crippen molar-refractivity contribution in [3.8, 4) is 0 Å². The monoisotopic (exact) mass is 549 g/mol. The van der Waals surface area contributed by atoms with Crippen LogP contribution in [-0.2, 0) is 12.1 Å². The van der Waals surface area contributed by atoms with Crippen molar-refractivity contribution in [3.05, 3.63) is 113 Å². The average Bonchev–Trinajstić information content (AvgIpc) is 3.27. The summed E-state index contributed by atoms with van der Waals surface area (Å²) in [5.74, 6) is -1.21. The second-order valence-corrected chi connectivity index (χ2v) is 10.7. The quantitative estimate of drug-likeness (QED) is 0.435. The Bertz CT molecular complexity index is 1350. The third-order valence-electron chi connectivity index (χ3n) is 8.10. The van der Waals surface area contributed by atoms with Gasteiger partial charge in [-0.05, 0) is 47.4 Å². The number of halogens is 3. The normalized spacial score (nSPS) is 23.5. The number of aliphatic hydroxyl groups excluding tert-OH is 1. The summed E-state index contributed by atoms with van der Waals surface area (Å²) in [5, 5.41) is 10.7. The number of aliphatic hydroxyl groups is 1. The zero-order valence-corrected chi connectivity index (χ0v) is 22.5. The minimum Gasteiger partial charge on any atom is -0.393 e. The van der Waals surface area contributed by atoms with Gasteiger partial charge in [-0.15, -0.1) is 0 Å². The maximum Gasteiger partial charge on any atom is 0.321 e. The van der Waals surface area contributed by atoms with Gasteiger partial charge in [-0.2, -0.15) is 0 Å². The molecule has 3 aromatic rings. The summed E-state index contributed by atoms with van der Waals surface area (Å²) in [7, 11) is 1.65. The molecule has 0 aliphatic carbocycles. The zero-order valence-electron chi connectivity index (χ0n) is 22.5. The van der Waals surface area contributed by atoms with Crippen LogP contribution in [0.5, 0.6) is 0 Å². The van der Waals surface area contributed by atoms with E-state index in [1.807, 2.05) is 36.4 Å². The highest BCUT2D eigenvalue weighted by molar-refractivity contribution is 5.83. The molecular formula is C32H34F3N3O2. The van der Waals surface area contributed by atoms with E-state index in [0.717, 1.165) is 23.8 Å². The first-order valence-corrected chi connectivity index (χ1v) is 13.6. The molecule has 8 heteroatoms. The molecule has 0 spiro atoms. The van der Waals surface area contributed by atoms with Crippen LogP contribution >= 0.6 is 0 Å². The predicted octanol–water partition coefficient (Wildman–Crippen LogP) is 5.61. The number of carbonyl (C=O) groups is 1. The second-order valence-electron chi connectivity index (χ2n) is 10.7. The second kappa shape index (κ2) is 11.9. The van der Waals surface area contributed by atoms with Crippen molar-refractivity contribution in [1.29, 1.82) is 0 Å². The SMILES string of the molecule is CN(C(=O)N1CC(c2cc(F)ccc2F)=C[C@@]1(CO)c1ccccc1)C1CCN(Cc2ccccc2)CC(F)C1. The van der Waals surface area contributed by atoms with Gasteiger partial charge in [0.25, 0.3) is 0 Å². The molecule has 2 heterocycles. The molecule has 5 rings (SSSR count). The Morgan fingerprint density at radius 1 is 1.05 bits per heavy atom. The summed E-state index contributed by atoms with van der Waals surface area (Å²) in [4.78, 5) is 19.2. The van der Waals surface area contributed by atoms with E-state index in [4.69, 9.17) is 0 Å². The third kappa shape index (κ3) is 5.64. The topological polar surface area (TPSA) is 47.0 Å². The molecule has 1 saturated heterocycles. The van der Waals surface area contributed by atoms with Crippen LogP contribution in [0.4, 0.5) is 18.0 Å². The van der Waals surface area contributed by atoms with E-state index in [9.17, 15) is 18.7 Å². The minimum absolute atomic E-state index is 0.0368. The van der Waals surface area contributed by atoms with E-state index in [1.165, 1.54) is 4.90 Å². The first-order valence-electron chi connectivity index (χ1n) is 13.6. The molecule has 2 aliphatic heterocycles. The fourth-order valence-corrected chi connectivity index (χ4v) is 5.93. The van der Waals surface area contributed by atoms with E-state index in [0.29, 0.717) is 30.6 Å². The molecule has 0 bridgehead atoms. The molecule has 0 aromatic heterocycles. The fraction of sp³-hybridized carbons (Fsp3) is 0.344. The molecule has 2 aliphatic rings. The molecule has 210 valence electrons. The first kappa shape index (κ1) is 27.9. The fourth-order valence-electron chi connectivity index (χ4n) is 5.93. The number of alkyl halides is 1. The van der Waals surface area contributed by atoms with Gasteiger partial charge in [0.1, 0.15) is 23.3 Å². The van der Waals surface area contributed by atoms with Crippen LogP contribution in [-0.4, -0.2) is 71.3 Å². The molecule has 0 radical (unpaired) electrons. The van der Waals surface area contributed by atoms with Crippen molar-refractivity contribution >= 4 is 11.6 Å². The number of amides is 2. The number of likely N-dealkylation sites (tertiary alicyclic amines) is 1. The van der Waals surface area contributed by atoms with Crippen LogP contribution < -0.4 is 0 Å². The van der Waals surface area contributed by atoms with Gasteiger partial charge in [0, 0.05) is 51.3 Å². The molecule has 2 unspecified atom stereocenters.